The normalized spacial score (nSPS) is 27.8. The lowest BCUT2D eigenvalue weighted by Gasteiger charge is -2.29. The molecule has 1 aliphatic rings. The van der Waals surface area contributed by atoms with Crippen LogP contribution >= 0.6 is 0 Å². The second kappa shape index (κ2) is 5.71. The molecule has 1 unspecified atom stereocenters. The van der Waals surface area contributed by atoms with Gasteiger partial charge in [0.05, 0.1) is 5.92 Å². The Morgan fingerprint density at radius 2 is 1.88 bits per heavy atom. The van der Waals surface area contributed by atoms with E-state index in [1.54, 1.807) is 0 Å². The minimum absolute atomic E-state index is 0.0632. The maximum absolute atomic E-state index is 12.5. The summed E-state index contributed by atoms with van der Waals surface area (Å²) in [5.41, 5.74) is 0. The largest absolute Gasteiger partial charge is 0.481 e. The van der Waals surface area contributed by atoms with E-state index in [-0.39, 0.29) is 12.3 Å². The van der Waals surface area contributed by atoms with Crippen molar-refractivity contribution in [2.45, 2.75) is 44.4 Å². The maximum Gasteiger partial charge on any atom is 0.414 e. The van der Waals surface area contributed by atoms with Gasteiger partial charge in [-0.3, -0.25) is 4.79 Å². The molecule has 0 aromatic rings. The number of hydrogen-bond acceptors (Lipinski definition) is 2. The molecule has 0 bridgehead atoms. The molecule has 100 valence electrons. The van der Waals surface area contributed by atoms with E-state index < -0.39 is 24.2 Å². The van der Waals surface area contributed by atoms with Gasteiger partial charge in [0.1, 0.15) is 0 Å². The summed E-state index contributed by atoms with van der Waals surface area (Å²) >= 11 is 0. The smallest absolute Gasteiger partial charge is 0.414 e. The Labute approximate surface area is 97.9 Å². The van der Waals surface area contributed by atoms with Crippen molar-refractivity contribution in [2.75, 3.05) is 7.11 Å². The molecule has 1 rings (SSSR count). The first-order valence-electron chi connectivity index (χ1n) is 5.67. The van der Waals surface area contributed by atoms with Gasteiger partial charge in [-0.15, -0.1) is 0 Å². The van der Waals surface area contributed by atoms with Crippen LogP contribution in [0.2, 0.25) is 0 Å². The Kier molecular flexibility index (Phi) is 4.80. The summed E-state index contributed by atoms with van der Waals surface area (Å²) in [7, 11) is 1.06. The van der Waals surface area contributed by atoms with Gasteiger partial charge in [0, 0.05) is 7.11 Å². The SMILES string of the molecule is COC(CC1CCC(C(=O)O)CC1)C(F)(F)F. The zero-order valence-corrected chi connectivity index (χ0v) is 9.67. The van der Waals surface area contributed by atoms with Crippen LogP contribution in [-0.2, 0) is 9.53 Å². The zero-order chi connectivity index (χ0) is 13.1. The predicted octanol–water partition coefficient (Wildman–Crippen LogP) is 2.84. The average Bonchev–Trinajstić information content (AvgIpc) is 2.24. The quantitative estimate of drug-likeness (QED) is 0.839. The Morgan fingerprint density at radius 3 is 2.24 bits per heavy atom. The molecule has 0 aromatic carbocycles. The minimum Gasteiger partial charge on any atom is -0.481 e. The van der Waals surface area contributed by atoms with Crippen molar-refractivity contribution >= 4 is 5.97 Å². The summed E-state index contributed by atoms with van der Waals surface area (Å²) in [4.78, 5) is 10.7. The minimum atomic E-state index is -4.33. The molecule has 0 saturated heterocycles. The summed E-state index contributed by atoms with van der Waals surface area (Å²) in [5, 5.41) is 8.78. The van der Waals surface area contributed by atoms with Crippen LogP contribution in [0.15, 0.2) is 0 Å². The highest BCUT2D eigenvalue weighted by atomic mass is 19.4. The Balaban J connectivity index is 2.42. The molecule has 3 nitrogen and oxygen atoms in total. The van der Waals surface area contributed by atoms with Gasteiger partial charge in [0.25, 0.3) is 0 Å². The van der Waals surface area contributed by atoms with E-state index >= 15 is 0 Å². The monoisotopic (exact) mass is 254 g/mol. The van der Waals surface area contributed by atoms with E-state index in [9.17, 15) is 18.0 Å². The number of aliphatic carboxylic acids is 1. The third-order valence-electron chi connectivity index (χ3n) is 3.39. The van der Waals surface area contributed by atoms with Crippen LogP contribution in [-0.4, -0.2) is 30.5 Å². The molecule has 1 aliphatic carbocycles. The molecule has 0 radical (unpaired) electrons. The van der Waals surface area contributed by atoms with Crippen LogP contribution < -0.4 is 0 Å². The number of rotatable bonds is 4. The fourth-order valence-electron chi connectivity index (χ4n) is 2.31. The first-order valence-corrected chi connectivity index (χ1v) is 5.67. The molecule has 1 fully saturated rings. The fraction of sp³-hybridized carbons (Fsp3) is 0.909. The molecule has 1 N–H and O–H groups in total. The molecular weight excluding hydrogens is 237 g/mol. The highest BCUT2D eigenvalue weighted by Crippen LogP contribution is 2.35. The molecule has 6 heteroatoms. The number of halogens is 3. The number of carboxylic acid groups (broad SMARTS) is 1. The molecule has 1 saturated carbocycles. The molecule has 0 heterocycles. The zero-order valence-electron chi connectivity index (χ0n) is 9.67. The first kappa shape index (κ1) is 14.3. The van der Waals surface area contributed by atoms with Crippen molar-refractivity contribution in [1.82, 2.24) is 0 Å². The number of hydrogen-bond donors (Lipinski definition) is 1. The van der Waals surface area contributed by atoms with Crippen LogP contribution in [0.1, 0.15) is 32.1 Å². The van der Waals surface area contributed by atoms with E-state index in [0.29, 0.717) is 25.7 Å². The molecule has 0 amide bonds. The Hall–Kier alpha value is -0.780. The van der Waals surface area contributed by atoms with Crippen LogP contribution in [0.5, 0.6) is 0 Å². The summed E-state index contributed by atoms with van der Waals surface area (Å²) < 4.78 is 41.8. The van der Waals surface area contributed by atoms with E-state index in [4.69, 9.17) is 5.11 Å². The molecular formula is C11H17F3O3. The summed E-state index contributed by atoms with van der Waals surface area (Å²) in [5.74, 6) is -1.32. The van der Waals surface area contributed by atoms with Crippen LogP contribution in [0.4, 0.5) is 13.2 Å². The summed E-state index contributed by atoms with van der Waals surface area (Å²) in [6, 6.07) is 0. The number of methoxy groups -OCH3 is 1. The highest BCUT2D eigenvalue weighted by molar-refractivity contribution is 5.69. The number of ether oxygens (including phenoxy) is 1. The lowest BCUT2D eigenvalue weighted by atomic mass is 9.79. The first-order chi connectivity index (χ1) is 7.84. The van der Waals surface area contributed by atoms with Gasteiger partial charge in [0.2, 0.25) is 0 Å². The number of carboxylic acids is 1. The van der Waals surface area contributed by atoms with Gasteiger partial charge in [-0.1, -0.05) is 0 Å². The lowest BCUT2D eigenvalue weighted by molar-refractivity contribution is -0.218. The number of carbonyl (C=O) groups is 1. The molecule has 1 atom stereocenters. The second-order valence-electron chi connectivity index (χ2n) is 4.56. The van der Waals surface area contributed by atoms with E-state index in [2.05, 4.69) is 4.74 Å². The van der Waals surface area contributed by atoms with Gasteiger partial charge < -0.3 is 9.84 Å². The maximum atomic E-state index is 12.5. The fourth-order valence-corrected chi connectivity index (χ4v) is 2.31. The summed E-state index contributed by atoms with van der Waals surface area (Å²) in [6.45, 7) is 0. The van der Waals surface area contributed by atoms with E-state index in [1.165, 1.54) is 0 Å². The van der Waals surface area contributed by atoms with Crippen molar-refractivity contribution in [3.8, 4) is 0 Å². The van der Waals surface area contributed by atoms with Gasteiger partial charge in [0.15, 0.2) is 6.10 Å². The Bertz CT molecular complexity index is 257. The van der Waals surface area contributed by atoms with Crippen molar-refractivity contribution < 1.29 is 27.8 Å². The van der Waals surface area contributed by atoms with Crippen molar-refractivity contribution in [3.63, 3.8) is 0 Å². The van der Waals surface area contributed by atoms with Crippen LogP contribution in [0.25, 0.3) is 0 Å². The van der Waals surface area contributed by atoms with Gasteiger partial charge in [-0.2, -0.15) is 13.2 Å². The standard InChI is InChI=1S/C11H17F3O3/c1-17-9(11(12,13)14)6-7-2-4-8(5-3-7)10(15)16/h7-9H,2-6H2,1H3,(H,15,16). The Morgan fingerprint density at radius 1 is 1.35 bits per heavy atom. The molecule has 0 spiro atoms. The number of alkyl halides is 3. The predicted molar refractivity (Wildman–Crippen MR) is 54.6 cm³/mol. The third-order valence-corrected chi connectivity index (χ3v) is 3.39. The van der Waals surface area contributed by atoms with E-state index in [1.807, 2.05) is 0 Å². The highest BCUT2D eigenvalue weighted by Gasteiger charge is 2.41. The van der Waals surface area contributed by atoms with E-state index in [0.717, 1.165) is 7.11 Å². The van der Waals surface area contributed by atoms with Crippen LogP contribution in [0.3, 0.4) is 0 Å². The summed E-state index contributed by atoms with van der Waals surface area (Å²) in [6.07, 6.45) is -4.12. The van der Waals surface area contributed by atoms with Gasteiger partial charge >= 0.3 is 12.1 Å². The van der Waals surface area contributed by atoms with Gasteiger partial charge in [-0.25, -0.2) is 0 Å². The van der Waals surface area contributed by atoms with Gasteiger partial charge in [-0.05, 0) is 38.0 Å². The lowest BCUT2D eigenvalue weighted by Crippen LogP contribution is -2.34. The van der Waals surface area contributed by atoms with Crippen LogP contribution in [0, 0.1) is 11.8 Å². The average molecular weight is 254 g/mol. The molecule has 17 heavy (non-hydrogen) atoms. The van der Waals surface area contributed by atoms with Crippen molar-refractivity contribution in [2.24, 2.45) is 11.8 Å². The molecule has 0 aromatic heterocycles. The van der Waals surface area contributed by atoms with Crippen molar-refractivity contribution in [3.05, 3.63) is 0 Å². The second-order valence-corrected chi connectivity index (χ2v) is 4.56. The topological polar surface area (TPSA) is 46.5 Å². The third kappa shape index (κ3) is 4.18. The van der Waals surface area contributed by atoms with Crippen molar-refractivity contribution in [1.29, 1.82) is 0 Å². The molecule has 0 aliphatic heterocycles.